The van der Waals surface area contributed by atoms with E-state index in [2.05, 4.69) is 17.9 Å². The van der Waals surface area contributed by atoms with Gasteiger partial charge in [0.05, 0.1) is 51.6 Å². The lowest BCUT2D eigenvalue weighted by Crippen LogP contribution is -2.14. The number of hydrogen-bond donors (Lipinski definition) is 2. The van der Waals surface area contributed by atoms with Gasteiger partial charge in [-0.2, -0.15) is 12.6 Å². The fourth-order valence-electron chi connectivity index (χ4n) is 1.98. The van der Waals surface area contributed by atoms with Gasteiger partial charge >= 0.3 is 0 Å². The van der Waals surface area contributed by atoms with Crippen molar-refractivity contribution in [1.82, 2.24) is 0 Å². The maximum Gasteiger partial charge on any atom is 0.214 e. The highest BCUT2D eigenvalue weighted by molar-refractivity contribution is 8.13. The Morgan fingerprint density at radius 2 is 1.43 bits per heavy atom. The number of rotatable bonds is 17. The molecule has 0 aliphatic carbocycles. The van der Waals surface area contributed by atoms with Crippen LogP contribution < -0.4 is 10.1 Å². The van der Waals surface area contributed by atoms with Crippen molar-refractivity contribution in [3.8, 4) is 5.75 Å². The van der Waals surface area contributed by atoms with Crippen molar-refractivity contribution < 1.29 is 28.5 Å². The standard InChI is InChI=1S/C19H31NO6S2/c1-16(27)20-17-3-5-18(6-4-17)26-14-13-24-10-9-22-7-8-23-11-12-25-15-19(21)28-2/h3-6,16,20,27H,7-15H2,1-2H3. The summed E-state index contributed by atoms with van der Waals surface area (Å²) in [6.45, 7) is 5.92. The van der Waals surface area contributed by atoms with E-state index >= 15 is 0 Å². The van der Waals surface area contributed by atoms with Crippen LogP contribution in [0.25, 0.3) is 0 Å². The highest BCUT2D eigenvalue weighted by Crippen LogP contribution is 2.16. The Hall–Kier alpha value is -0.970. The molecule has 0 saturated heterocycles. The van der Waals surface area contributed by atoms with E-state index in [0.717, 1.165) is 23.2 Å². The molecule has 0 amide bonds. The van der Waals surface area contributed by atoms with Crippen LogP contribution >= 0.6 is 24.4 Å². The minimum Gasteiger partial charge on any atom is -0.491 e. The number of thiol groups is 1. The molecule has 0 aliphatic heterocycles. The number of nitrogens with one attached hydrogen (secondary N) is 1. The fraction of sp³-hybridized carbons (Fsp3) is 0.632. The van der Waals surface area contributed by atoms with E-state index in [0.29, 0.717) is 52.9 Å². The molecule has 0 fully saturated rings. The summed E-state index contributed by atoms with van der Waals surface area (Å²) in [5.41, 5.74) is 1.01. The lowest BCUT2D eigenvalue weighted by atomic mass is 10.3. The minimum atomic E-state index is 0.0165. The third-order valence-corrected chi connectivity index (χ3v) is 3.99. The first-order valence-electron chi connectivity index (χ1n) is 9.17. The zero-order chi connectivity index (χ0) is 20.5. The molecule has 7 nitrogen and oxygen atoms in total. The van der Waals surface area contributed by atoms with Crippen molar-refractivity contribution in [1.29, 1.82) is 0 Å². The summed E-state index contributed by atoms with van der Waals surface area (Å²) in [6.07, 6.45) is 1.73. The normalized spacial score (nSPS) is 12.0. The SMILES string of the molecule is CSC(=O)COCCOCCOCCOCCOc1ccc(NC(C)S)cc1. The number of thioether (sulfide) groups is 1. The van der Waals surface area contributed by atoms with Crippen LogP contribution in [-0.4, -0.2) is 76.2 Å². The zero-order valence-electron chi connectivity index (χ0n) is 16.6. The van der Waals surface area contributed by atoms with Gasteiger partial charge in [-0.3, -0.25) is 4.79 Å². The van der Waals surface area contributed by atoms with Gasteiger partial charge in [-0.15, -0.1) is 0 Å². The zero-order valence-corrected chi connectivity index (χ0v) is 18.3. The van der Waals surface area contributed by atoms with Crippen LogP contribution in [0.1, 0.15) is 6.92 Å². The Morgan fingerprint density at radius 1 is 0.929 bits per heavy atom. The van der Waals surface area contributed by atoms with E-state index in [1.54, 1.807) is 6.26 Å². The topological polar surface area (TPSA) is 75.3 Å². The molecule has 0 aliphatic rings. The van der Waals surface area contributed by atoms with Crippen molar-refractivity contribution in [2.45, 2.75) is 12.3 Å². The predicted octanol–water partition coefficient (Wildman–Crippen LogP) is 2.71. The highest BCUT2D eigenvalue weighted by atomic mass is 32.2. The smallest absolute Gasteiger partial charge is 0.214 e. The molecule has 0 radical (unpaired) electrons. The maximum absolute atomic E-state index is 11.0. The largest absolute Gasteiger partial charge is 0.491 e. The molecule has 1 aromatic rings. The van der Waals surface area contributed by atoms with E-state index in [4.69, 9.17) is 23.7 Å². The number of benzene rings is 1. The van der Waals surface area contributed by atoms with Crippen LogP contribution in [0.3, 0.4) is 0 Å². The Bertz CT molecular complexity index is 516. The summed E-state index contributed by atoms with van der Waals surface area (Å²) < 4.78 is 27.0. The monoisotopic (exact) mass is 433 g/mol. The van der Waals surface area contributed by atoms with Crippen molar-refractivity contribution >= 4 is 35.2 Å². The van der Waals surface area contributed by atoms with Crippen LogP contribution in [0.15, 0.2) is 24.3 Å². The Kier molecular flexibility index (Phi) is 15.2. The van der Waals surface area contributed by atoms with Gasteiger partial charge in [0.25, 0.3) is 0 Å². The molecule has 160 valence electrons. The molecular formula is C19H31NO6S2. The van der Waals surface area contributed by atoms with E-state index in [1.807, 2.05) is 31.2 Å². The van der Waals surface area contributed by atoms with E-state index < -0.39 is 0 Å². The molecule has 0 aromatic heterocycles. The number of hydrogen-bond acceptors (Lipinski definition) is 9. The molecule has 0 heterocycles. The second-order valence-electron chi connectivity index (χ2n) is 5.66. The molecule has 1 atom stereocenters. The van der Waals surface area contributed by atoms with Crippen molar-refractivity contribution in [3.63, 3.8) is 0 Å². The molecule has 28 heavy (non-hydrogen) atoms. The average Bonchev–Trinajstić information content (AvgIpc) is 2.68. The highest BCUT2D eigenvalue weighted by Gasteiger charge is 1.99. The van der Waals surface area contributed by atoms with Crippen LogP contribution in [0.4, 0.5) is 5.69 Å². The summed E-state index contributed by atoms with van der Waals surface area (Å²) in [5.74, 6) is 0.802. The lowest BCUT2D eigenvalue weighted by molar-refractivity contribution is -0.115. The van der Waals surface area contributed by atoms with E-state index in [1.165, 1.54) is 0 Å². The molecule has 0 saturated carbocycles. The second kappa shape index (κ2) is 16.9. The quantitative estimate of drug-likeness (QED) is 0.221. The van der Waals surface area contributed by atoms with Crippen molar-refractivity contribution in [2.75, 3.05) is 71.0 Å². The molecule has 1 N–H and O–H groups in total. The number of carbonyl (C=O) groups excluding carboxylic acids is 1. The Morgan fingerprint density at radius 3 is 1.93 bits per heavy atom. The molecular weight excluding hydrogens is 402 g/mol. The van der Waals surface area contributed by atoms with Crippen molar-refractivity contribution in [3.05, 3.63) is 24.3 Å². The van der Waals surface area contributed by atoms with Crippen LogP contribution in [0.5, 0.6) is 5.75 Å². The molecule has 9 heteroatoms. The van der Waals surface area contributed by atoms with Crippen molar-refractivity contribution in [2.24, 2.45) is 0 Å². The lowest BCUT2D eigenvalue weighted by Gasteiger charge is -2.11. The fourth-order valence-corrected chi connectivity index (χ4v) is 2.33. The molecule has 0 spiro atoms. The van der Waals surface area contributed by atoms with Crippen LogP contribution in [0, 0.1) is 0 Å². The maximum atomic E-state index is 11.0. The summed E-state index contributed by atoms with van der Waals surface area (Å²) in [7, 11) is 0. The summed E-state index contributed by atoms with van der Waals surface area (Å²) >= 11 is 5.45. The van der Waals surface area contributed by atoms with E-state index in [9.17, 15) is 4.79 Å². The van der Waals surface area contributed by atoms with Gasteiger partial charge in [0, 0.05) is 5.69 Å². The van der Waals surface area contributed by atoms with Crippen LogP contribution in [-0.2, 0) is 23.7 Å². The van der Waals surface area contributed by atoms with Gasteiger partial charge in [0.2, 0.25) is 5.12 Å². The van der Waals surface area contributed by atoms with Gasteiger partial charge in [0.1, 0.15) is 19.0 Å². The Labute approximate surface area is 177 Å². The van der Waals surface area contributed by atoms with Gasteiger partial charge in [-0.25, -0.2) is 0 Å². The van der Waals surface area contributed by atoms with Gasteiger partial charge in [-0.05, 0) is 37.4 Å². The minimum absolute atomic E-state index is 0.0165. The third-order valence-electron chi connectivity index (χ3n) is 3.29. The first-order valence-corrected chi connectivity index (χ1v) is 10.9. The summed E-state index contributed by atoms with van der Waals surface area (Å²) in [5, 5.41) is 3.32. The molecule has 1 aromatic carbocycles. The molecule has 0 bridgehead atoms. The third kappa shape index (κ3) is 14.1. The first kappa shape index (κ1) is 25.1. The summed E-state index contributed by atoms with van der Waals surface area (Å²) in [6, 6.07) is 7.73. The average molecular weight is 434 g/mol. The molecule has 1 unspecified atom stereocenters. The van der Waals surface area contributed by atoms with Gasteiger partial charge in [0.15, 0.2) is 0 Å². The number of ether oxygens (including phenoxy) is 5. The first-order chi connectivity index (χ1) is 13.6. The number of carbonyl (C=O) groups is 1. The van der Waals surface area contributed by atoms with Gasteiger partial charge < -0.3 is 29.0 Å². The Balaban J connectivity index is 1.85. The molecule has 1 rings (SSSR count). The van der Waals surface area contributed by atoms with Crippen LogP contribution in [0.2, 0.25) is 0 Å². The second-order valence-corrected chi connectivity index (χ2v) is 7.30. The number of anilines is 1. The van der Waals surface area contributed by atoms with E-state index in [-0.39, 0.29) is 17.1 Å². The predicted molar refractivity (Wildman–Crippen MR) is 116 cm³/mol. The van der Waals surface area contributed by atoms with Gasteiger partial charge in [-0.1, -0.05) is 11.8 Å². The summed E-state index contributed by atoms with van der Waals surface area (Å²) in [4.78, 5) is 11.0.